The molecule has 0 radical (unpaired) electrons. The number of ether oxygens (including phenoxy) is 2. The minimum Gasteiger partial charge on any atom is -0.419 e. The maximum atomic E-state index is 13.7. The molecule has 0 saturated carbocycles. The molecule has 0 unspecified atom stereocenters. The minimum absolute atomic E-state index is 0.186. The second-order valence-corrected chi connectivity index (χ2v) is 9.50. The summed E-state index contributed by atoms with van der Waals surface area (Å²) >= 11 is 0. The highest BCUT2D eigenvalue weighted by atomic mass is 16.6. The first-order chi connectivity index (χ1) is 17.2. The van der Waals surface area contributed by atoms with Gasteiger partial charge in [0.05, 0.1) is 16.9 Å². The Hall–Kier alpha value is -4.38. The molecule has 0 aliphatic rings. The third-order valence-electron chi connectivity index (χ3n) is 5.72. The van der Waals surface area contributed by atoms with E-state index in [2.05, 4.69) is 20.8 Å². The van der Waals surface area contributed by atoms with Crippen LogP contribution in [0.25, 0.3) is 0 Å². The highest BCUT2D eigenvalue weighted by Crippen LogP contribution is 2.38. The van der Waals surface area contributed by atoms with Gasteiger partial charge in [-0.2, -0.15) is 0 Å². The molecule has 1 amide bonds. The van der Waals surface area contributed by atoms with Crippen LogP contribution >= 0.6 is 0 Å². The Morgan fingerprint density at radius 2 is 1.19 bits per heavy atom. The van der Waals surface area contributed by atoms with E-state index in [0.29, 0.717) is 22.5 Å². The van der Waals surface area contributed by atoms with Crippen LogP contribution in [0.3, 0.4) is 0 Å². The third kappa shape index (κ3) is 5.63. The minimum atomic E-state index is -0.616. The van der Waals surface area contributed by atoms with Crippen molar-refractivity contribution in [1.82, 2.24) is 0 Å². The van der Waals surface area contributed by atoms with E-state index in [1.54, 1.807) is 30.3 Å². The molecule has 36 heavy (non-hydrogen) atoms. The van der Waals surface area contributed by atoms with Crippen molar-refractivity contribution in [2.75, 3.05) is 4.90 Å². The number of benzene rings is 4. The van der Waals surface area contributed by atoms with E-state index in [9.17, 15) is 9.59 Å². The standard InChI is InChI=1S/C31H29NO4/c1-22-20-24(31(2,3)4)21-27(28(22)36-29(33)23-14-8-5-9-15-23)35-30(34)32(25-16-10-6-11-17-25)26-18-12-7-13-19-26/h5-21H,1-4H3. The number of anilines is 2. The molecule has 5 heteroatoms. The normalized spacial score (nSPS) is 11.0. The molecule has 182 valence electrons. The quantitative estimate of drug-likeness (QED) is 0.216. The SMILES string of the molecule is Cc1cc(C(C)(C)C)cc(OC(=O)N(c2ccccc2)c2ccccc2)c1OC(=O)c1ccccc1. The first kappa shape index (κ1) is 24.7. The van der Waals surface area contributed by atoms with Crippen molar-refractivity contribution in [1.29, 1.82) is 0 Å². The molecule has 0 bridgehead atoms. The van der Waals surface area contributed by atoms with Gasteiger partial charge < -0.3 is 9.47 Å². The number of hydrogen-bond donors (Lipinski definition) is 0. The summed E-state index contributed by atoms with van der Waals surface area (Å²) in [6.45, 7) is 8.06. The predicted octanol–water partition coefficient (Wildman–Crippen LogP) is 7.85. The highest BCUT2D eigenvalue weighted by molar-refractivity contribution is 5.97. The van der Waals surface area contributed by atoms with Gasteiger partial charge in [0.15, 0.2) is 11.5 Å². The van der Waals surface area contributed by atoms with Gasteiger partial charge in [-0.1, -0.05) is 81.4 Å². The summed E-state index contributed by atoms with van der Waals surface area (Å²) in [7, 11) is 0. The summed E-state index contributed by atoms with van der Waals surface area (Å²) in [6.07, 6.45) is -0.616. The second kappa shape index (κ2) is 10.5. The predicted molar refractivity (Wildman–Crippen MR) is 142 cm³/mol. The Labute approximate surface area is 211 Å². The second-order valence-electron chi connectivity index (χ2n) is 9.50. The Balaban J connectivity index is 1.75. The maximum absolute atomic E-state index is 13.7. The average molecular weight is 480 g/mol. The van der Waals surface area contributed by atoms with Crippen LogP contribution in [0.1, 0.15) is 42.3 Å². The number of para-hydroxylation sites is 2. The van der Waals surface area contributed by atoms with E-state index in [1.165, 1.54) is 4.90 Å². The lowest BCUT2D eigenvalue weighted by atomic mass is 9.86. The van der Waals surface area contributed by atoms with E-state index in [1.807, 2.05) is 79.7 Å². The van der Waals surface area contributed by atoms with Gasteiger partial charge >= 0.3 is 12.1 Å². The molecule has 0 aliphatic heterocycles. The summed E-state index contributed by atoms with van der Waals surface area (Å²) in [4.78, 5) is 28.0. The largest absolute Gasteiger partial charge is 0.424 e. The maximum Gasteiger partial charge on any atom is 0.424 e. The zero-order chi connectivity index (χ0) is 25.7. The molecule has 0 fully saturated rings. The topological polar surface area (TPSA) is 55.8 Å². The first-order valence-electron chi connectivity index (χ1n) is 11.8. The van der Waals surface area contributed by atoms with Crippen LogP contribution in [0.4, 0.5) is 16.2 Å². The van der Waals surface area contributed by atoms with Crippen molar-refractivity contribution in [3.63, 3.8) is 0 Å². The van der Waals surface area contributed by atoms with Crippen LogP contribution in [-0.2, 0) is 5.41 Å². The van der Waals surface area contributed by atoms with Crippen molar-refractivity contribution >= 4 is 23.4 Å². The lowest BCUT2D eigenvalue weighted by molar-refractivity contribution is 0.0728. The van der Waals surface area contributed by atoms with Crippen LogP contribution in [0.15, 0.2) is 103 Å². The number of hydrogen-bond acceptors (Lipinski definition) is 4. The number of esters is 1. The lowest BCUT2D eigenvalue weighted by Gasteiger charge is -2.25. The number of amides is 1. The molecule has 4 rings (SSSR count). The molecule has 0 atom stereocenters. The number of rotatable bonds is 5. The van der Waals surface area contributed by atoms with Gasteiger partial charge in [-0.25, -0.2) is 14.5 Å². The van der Waals surface area contributed by atoms with Gasteiger partial charge in [-0.05, 0) is 65.9 Å². The summed E-state index contributed by atoms with van der Waals surface area (Å²) in [5.41, 5.74) is 3.14. The zero-order valence-corrected chi connectivity index (χ0v) is 20.9. The molecule has 5 nitrogen and oxygen atoms in total. The van der Waals surface area contributed by atoms with E-state index in [4.69, 9.17) is 9.47 Å². The van der Waals surface area contributed by atoms with Gasteiger partial charge in [0.1, 0.15) is 0 Å². The Morgan fingerprint density at radius 1 is 0.694 bits per heavy atom. The molecule has 4 aromatic carbocycles. The van der Waals surface area contributed by atoms with E-state index in [-0.39, 0.29) is 16.9 Å². The van der Waals surface area contributed by atoms with Gasteiger partial charge in [0, 0.05) is 0 Å². The van der Waals surface area contributed by atoms with Gasteiger partial charge in [-0.3, -0.25) is 0 Å². The Morgan fingerprint density at radius 3 is 1.69 bits per heavy atom. The number of nitrogens with zero attached hydrogens (tertiary/aromatic N) is 1. The van der Waals surface area contributed by atoms with E-state index in [0.717, 1.165) is 5.56 Å². The fraction of sp³-hybridized carbons (Fsp3) is 0.161. The zero-order valence-electron chi connectivity index (χ0n) is 20.9. The van der Waals surface area contributed by atoms with E-state index >= 15 is 0 Å². The van der Waals surface area contributed by atoms with Gasteiger partial charge in [-0.15, -0.1) is 0 Å². The molecule has 4 aromatic rings. The van der Waals surface area contributed by atoms with Crippen molar-refractivity contribution in [3.8, 4) is 11.5 Å². The molecule has 0 N–H and O–H groups in total. The summed E-state index contributed by atoms with van der Waals surface area (Å²) in [5.74, 6) is -0.125. The fourth-order valence-electron chi connectivity index (χ4n) is 3.76. The monoisotopic (exact) mass is 479 g/mol. The number of carbonyl (C=O) groups is 2. The summed E-state index contributed by atoms with van der Waals surface area (Å²) < 4.78 is 11.8. The highest BCUT2D eigenvalue weighted by Gasteiger charge is 2.26. The average Bonchev–Trinajstić information content (AvgIpc) is 2.87. The van der Waals surface area contributed by atoms with Crippen LogP contribution in [0.5, 0.6) is 11.5 Å². The van der Waals surface area contributed by atoms with Crippen molar-refractivity contribution in [3.05, 3.63) is 120 Å². The number of carbonyl (C=O) groups excluding carboxylic acids is 2. The smallest absolute Gasteiger partial charge is 0.419 e. The van der Waals surface area contributed by atoms with Crippen LogP contribution in [0.2, 0.25) is 0 Å². The Bertz CT molecular complexity index is 1300. The van der Waals surface area contributed by atoms with E-state index < -0.39 is 12.1 Å². The lowest BCUT2D eigenvalue weighted by Crippen LogP contribution is -2.29. The fourth-order valence-corrected chi connectivity index (χ4v) is 3.76. The van der Waals surface area contributed by atoms with Gasteiger partial charge in [0.2, 0.25) is 0 Å². The molecular weight excluding hydrogens is 450 g/mol. The Kier molecular flexibility index (Phi) is 7.20. The van der Waals surface area contributed by atoms with Crippen molar-refractivity contribution < 1.29 is 19.1 Å². The molecule has 0 heterocycles. The van der Waals surface area contributed by atoms with Crippen molar-refractivity contribution in [2.45, 2.75) is 33.1 Å². The summed E-state index contributed by atoms with van der Waals surface area (Å²) in [6, 6.07) is 31.0. The van der Waals surface area contributed by atoms with Crippen LogP contribution < -0.4 is 14.4 Å². The van der Waals surface area contributed by atoms with Gasteiger partial charge in [0.25, 0.3) is 0 Å². The number of aryl methyl sites for hydroxylation is 1. The molecule has 0 saturated heterocycles. The van der Waals surface area contributed by atoms with Crippen LogP contribution in [-0.4, -0.2) is 12.1 Å². The molecule has 0 spiro atoms. The molecular formula is C31H29NO4. The summed E-state index contributed by atoms with van der Waals surface area (Å²) in [5, 5.41) is 0. The van der Waals surface area contributed by atoms with Crippen LogP contribution in [0, 0.1) is 6.92 Å². The molecule has 0 aromatic heterocycles. The third-order valence-corrected chi connectivity index (χ3v) is 5.72. The first-order valence-corrected chi connectivity index (χ1v) is 11.8. The molecule has 0 aliphatic carbocycles. The van der Waals surface area contributed by atoms with Crippen molar-refractivity contribution in [2.24, 2.45) is 0 Å².